The Balaban J connectivity index is 4.54. The second kappa shape index (κ2) is 6.21. The van der Waals surface area contributed by atoms with Crippen LogP contribution in [0.15, 0.2) is 0 Å². The van der Waals surface area contributed by atoms with Crippen molar-refractivity contribution in [2.45, 2.75) is 38.9 Å². The normalized spacial score (nSPS) is 18.0. The molecule has 0 nitrogen and oxygen atoms in total. The van der Waals surface area contributed by atoms with E-state index in [0.717, 1.165) is 0 Å². The SMILES string of the molecule is [CH3][Sn]([CH3])[CH](Cl)[Si](C)(C)[CH](Cl)[Sn]([CH3])[CH3]. The number of hydrogen-bond acceptors (Lipinski definition) is 0. The van der Waals surface area contributed by atoms with Crippen LogP contribution >= 0.6 is 23.2 Å². The van der Waals surface area contributed by atoms with Crippen molar-refractivity contribution in [1.82, 2.24) is 0 Å². The molecule has 0 aromatic carbocycles. The van der Waals surface area contributed by atoms with E-state index in [9.17, 15) is 0 Å². The molecule has 13 heavy (non-hydrogen) atoms. The third-order valence-electron chi connectivity index (χ3n) is 2.32. The van der Waals surface area contributed by atoms with E-state index in [1.54, 1.807) is 0 Å². The predicted molar refractivity (Wildman–Crippen MR) is 71.7 cm³/mol. The van der Waals surface area contributed by atoms with E-state index in [1.165, 1.54) is 0 Å². The summed E-state index contributed by atoms with van der Waals surface area (Å²) < 4.78 is 1.04. The maximum atomic E-state index is 6.54. The van der Waals surface area contributed by atoms with Crippen molar-refractivity contribution in [3.63, 3.8) is 0 Å². The van der Waals surface area contributed by atoms with Crippen LogP contribution in [0.25, 0.3) is 0 Å². The van der Waals surface area contributed by atoms with Gasteiger partial charge in [-0.1, -0.05) is 0 Å². The number of rotatable bonds is 4. The van der Waals surface area contributed by atoms with Crippen LogP contribution < -0.4 is 0 Å². The van der Waals surface area contributed by atoms with Crippen LogP contribution in [0.5, 0.6) is 0 Å². The van der Waals surface area contributed by atoms with Gasteiger partial charge in [0.15, 0.2) is 0 Å². The van der Waals surface area contributed by atoms with Crippen LogP contribution in [0.2, 0.25) is 32.9 Å². The molecule has 0 saturated heterocycles. The van der Waals surface area contributed by atoms with Crippen molar-refractivity contribution in [3.05, 3.63) is 0 Å². The van der Waals surface area contributed by atoms with E-state index in [4.69, 9.17) is 23.2 Å². The summed E-state index contributed by atoms with van der Waals surface area (Å²) in [6.07, 6.45) is 0. The minimum absolute atomic E-state index is 0.521. The van der Waals surface area contributed by atoms with Crippen LogP contribution in [0.1, 0.15) is 0 Å². The van der Waals surface area contributed by atoms with E-state index in [-0.39, 0.29) is 0 Å². The van der Waals surface area contributed by atoms with Gasteiger partial charge < -0.3 is 0 Å². The maximum absolute atomic E-state index is 6.54. The van der Waals surface area contributed by atoms with Gasteiger partial charge in [-0.05, 0) is 0 Å². The van der Waals surface area contributed by atoms with Crippen molar-refractivity contribution < 1.29 is 0 Å². The zero-order chi connectivity index (χ0) is 10.8. The molecule has 2 unspecified atom stereocenters. The van der Waals surface area contributed by atoms with E-state index in [0.29, 0.717) is 6.03 Å². The standard InChI is InChI=1S/C4H8Cl2Si.4CH3.2Sn/c1-7(2,3-5)4-6;;;;;;/h3-4H,1-2H3;4*1H3;;. The fourth-order valence-corrected chi connectivity index (χ4v) is 40.0. The fourth-order valence-electron chi connectivity index (χ4n) is 1.62. The first-order valence-corrected chi connectivity index (χ1v) is 23.3. The molecule has 0 aromatic rings. The molecule has 0 aliphatic heterocycles. The Labute approximate surface area is 108 Å². The Bertz CT molecular complexity index is 146. The molecule has 2 atom stereocenters. The van der Waals surface area contributed by atoms with Gasteiger partial charge >= 0.3 is 110 Å². The second-order valence-electron chi connectivity index (χ2n) is 4.70. The Hall–Kier alpha value is 2.39. The summed E-state index contributed by atoms with van der Waals surface area (Å²) in [6.45, 7) is 4.78. The molecule has 78 valence electrons. The summed E-state index contributed by atoms with van der Waals surface area (Å²) in [6, 6.07) is 0. The van der Waals surface area contributed by atoms with E-state index < -0.39 is 47.6 Å². The first-order chi connectivity index (χ1) is 5.71. The van der Waals surface area contributed by atoms with Crippen molar-refractivity contribution in [2.75, 3.05) is 0 Å². The first kappa shape index (κ1) is 15.4. The zero-order valence-corrected chi connectivity index (χ0v) is 17.6. The number of halogens is 2. The molecule has 0 aliphatic carbocycles. The molecule has 0 aromatic heterocycles. The van der Waals surface area contributed by atoms with Gasteiger partial charge in [0, 0.05) is 0 Å². The van der Waals surface area contributed by atoms with Gasteiger partial charge in [0.1, 0.15) is 0 Å². The monoisotopic (exact) mass is 454 g/mol. The third-order valence-corrected chi connectivity index (χ3v) is 40.4. The Morgan fingerprint density at radius 3 is 1.23 bits per heavy atom. The van der Waals surface area contributed by atoms with Crippen LogP contribution in [-0.4, -0.2) is 53.6 Å². The van der Waals surface area contributed by atoms with Crippen LogP contribution in [0.4, 0.5) is 0 Å². The van der Waals surface area contributed by atoms with E-state index in [2.05, 4.69) is 32.9 Å². The van der Waals surface area contributed by atoms with Gasteiger partial charge in [-0.25, -0.2) is 0 Å². The molecule has 0 rings (SSSR count). The Kier molecular flexibility index (Phi) is 7.35. The molecule has 0 N–H and O–H groups in total. The van der Waals surface area contributed by atoms with Gasteiger partial charge in [0.05, 0.1) is 0 Å². The van der Waals surface area contributed by atoms with Gasteiger partial charge in [0.25, 0.3) is 0 Å². The molecular formula is C8H20Cl2SiSn2. The van der Waals surface area contributed by atoms with Crippen LogP contribution in [-0.2, 0) is 0 Å². The second-order valence-corrected chi connectivity index (χ2v) is 32.1. The topological polar surface area (TPSA) is 0 Å². The molecule has 0 bridgehead atoms. The summed E-state index contributed by atoms with van der Waals surface area (Å²) in [5.74, 6) is 0. The van der Waals surface area contributed by atoms with Crippen molar-refractivity contribution >= 4 is 70.8 Å². The van der Waals surface area contributed by atoms with Gasteiger partial charge in [0.2, 0.25) is 0 Å². The first-order valence-electron chi connectivity index (χ1n) is 4.59. The average Bonchev–Trinajstić information content (AvgIpc) is 2.01. The summed E-state index contributed by atoms with van der Waals surface area (Å²) in [4.78, 5) is 9.58. The molecule has 0 aliphatic rings. The van der Waals surface area contributed by atoms with Crippen LogP contribution in [0, 0.1) is 0 Å². The van der Waals surface area contributed by atoms with Crippen molar-refractivity contribution in [1.29, 1.82) is 0 Å². The Morgan fingerprint density at radius 2 is 1.08 bits per heavy atom. The molecular weight excluding hydrogens is 433 g/mol. The third kappa shape index (κ3) is 4.41. The molecule has 0 saturated carbocycles. The van der Waals surface area contributed by atoms with E-state index >= 15 is 0 Å². The quantitative estimate of drug-likeness (QED) is 0.452. The summed E-state index contributed by atoms with van der Waals surface area (Å²) >= 11 is 10.6. The molecule has 5 heteroatoms. The van der Waals surface area contributed by atoms with Crippen molar-refractivity contribution in [3.8, 4) is 0 Å². The van der Waals surface area contributed by atoms with Crippen LogP contribution in [0.3, 0.4) is 0 Å². The van der Waals surface area contributed by atoms with Gasteiger partial charge in [-0.2, -0.15) is 0 Å². The summed E-state index contributed by atoms with van der Waals surface area (Å²) in [5, 5.41) is 0. The molecule has 2 radical (unpaired) electrons. The van der Waals surface area contributed by atoms with Gasteiger partial charge in [-0.15, -0.1) is 0 Å². The minimum atomic E-state index is -1.33. The number of hydrogen-bond donors (Lipinski definition) is 0. The van der Waals surface area contributed by atoms with Crippen molar-refractivity contribution in [2.24, 2.45) is 0 Å². The molecule has 0 spiro atoms. The van der Waals surface area contributed by atoms with E-state index in [1.807, 2.05) is 0 Å². The summed E-state index contributed by atoms with van der Waals surface area (Å²) in [7, 11) is -1.33. The number of alkyl halides is 2. The van der Waals surface area contributed by atoms with Gasteiger partial charge in [-0.3, -0.25) is 0 Å². The predicted octanol–water partition coefficient (Wildman–Crippen LogP) is 3.58. The average molecular weight is 453 g/mol. The zero-order valence-electron chi connectivity index (χ0n) is 9.41. The Morgan fingerprint density at radius 1 is 0.846 bits per heavy atom. The summed E-state index contributed by atoms with van der Waals surface area (Å²) in [5.41, 5.74) is 0. The molecule has 0 fully saturated rings. The molecule has 0 amide bonds. The fraction of sp³-hybridized carbons (Fsp3) is 1.00. The molecule has 0 heterocycles.